The monoisotopic (exact) mass is 998 g/mol. The van der Waals surface area contributed by atoms with Crippen LogP contribution < -0.4 is 0 Å². The molecule has 0 spiro atoms. The molecular formula is C66H38N12. The van der Waals surface area contributed by atoms with Crippen molar-refractivity contribution < 1.29 is 0 Å². The number of nitriles is 1. The van der Waals surface area contributed by atoms with E-state index in [4.69, 9.17) is 34.9 Å². The van der Waals surface area contributed by atoms with Gasteiger partial charge in [0.05, 0.1) is 72.4 Å². The Hall–Kier alpha value is -11.2. The van der Waals surface area contributed by atoms with Gasteiger partial charge in [0.2, 0.25) is 0 Å². The fourth-order valence-corrected chi connectivity index (χ4v) is 12.0. The van der Waals surface area contributed by atoms with E-state index >= 15 is 0 Å². The first-order valence-electron chi connectivity index (χ1n) is 25.6. The van der Waals surface area contributed by atoms with Crippen molar-refractivity contribution in [2.45, 2.75) is 0 Å². The summed E-state index contributed by atoms with van der Waals surface area (Å²) < 4.78 is 9.10. The van der Waals surface area contributed by atoms with Gasteiger partial charge in [0.1, 0.15) is 11.6 Å². The lowest BCUT2D eigenvalue weighted by Crippen LogP contribution is -2.17. The molecule has 0 amide bonds. The Bertz CT molecular complexity index is 4650. The second-order valence-corrected chi connectivity index (χ2v) is 19.3. The molecule has 16 rings (SSSR count). The van der Waals surface area contributed by atoms with E-state index in [0.717, 1.165) is 98.4 Å². The molecule has 0 N–H and O–H groups in total. The fraction of sp³-hybridized carbons (Fsp3) is 0. The Morgan fingerprint density at radius 2 is 0.564 bits per heavy atom. The highest BCUT2D eigenvalue weighted by molar-refractivity contribution is 6.16. The molecule has 12 nitrogen and oxygen atoms in total. The molecule has 0 saturated heterocycles. The summed E-state index contributed by atoms with van der Waals surface area (Å²) >= 11 is 0. The van der Waals surface area contributed by atoms with Gasteiger partial charge < -0.3 is 18.3 Å². The van der Waals surface area contributed by atoms with Crippen molar-refractivity contribution in [3.8, 4) is 63.0 Å². The highest BCUT2D eigenvalue weighted by atomic mass is 15.1. The number of aromatic nitrogens is 11. The molecule has 9 aromatic heterocycles. The highest BCUT2D eigenvalue weighted by Gasteiger charge is 2.36. The summed E-state index contributed by atoms with van der Waals surface area (Å²) in [5.41, 5.74) is 12.2. The molecular weight excluding hydrogens is 961 g/mol. The maximum Gasteiger partial charge on any atom is 0.168 e. The molecule has 0 radical (unpaired) electrons. The second-order valence-electron chi connectivity index (χ2n) is 19.3. The lowest BCUT2D eigenvalue weighted by Gasteiger charge is -2.28. The van der Waals surface area contributed by atoms with Gasteiger partial charge in [-0.15, -0.1) is 0 Å². The second kappa shape index (κ2) is 16.9. The predicted molar refractivity (Wildman–Crippen MR) is 309 cm³/mol. The summed E-state index contributed by atoms with van der Waals surface area (Å²) in [4.78, 5) is 35.6. The molecule has 0 saturated carbocycles. The molecule has 16 aromatic rings. The molecule has 362 valence electrons. The lowest BCUT2D eigenvalue weighted by atomic mass is 9.97. The van der Waals surface area contributed by atoms with Crippen LogP contribution in [0.15, 0.2) is 232 Å². The SMILES string of the molecule is N#Cc1c(-n2c3ccccc3c3cnccc32)c(-n2c3ccccc3c3cnccc32)c(-c2nc(-c3ccccc3)nc(-c3ccccc3)n2)c(-n2c3ccccc3c3cnccc32)c1-n1c2ccccc2c2cnccc21. The molecule has 0 aliphatic heterocycles. The summed E-state index contributed by atoms with van der Waals surface area (Å²) in [6.07, 6.45) is 15.0. The third kappa shape index (κ3) is 6.18. The standard InChI is InChI=1S/C66H38N12/c67-35-46-60(75-51-23-11-7-19-42(51)47-36-68-31-27-55(47)75)62(77-53-25-13-9-21-44(53)49-38-70-33-29-57(49)77)59(66-73-64(40-15-3-1-4-16-40)72-65(74-66)41-17-5-2-6-18-41)63(78-54-26-14-10-22-45(54)50-39-71-34-30-58(50)78)61(46)76-52-24-12-8-20-43(52)48-37-69-32-28-56(48)76/h1-34,36-39H. The average Bonchev–Trinajstić information content (AvgIpc) is 4.30. The van der Waals surface area contributed by atoms with Gasteiger partial charge in [0.15, 0.2) is 17.5 Å². The van der Waals surface area contributed by atoms with E-state index < -0.39 is 0 Å². The van der Waals surface area contributed by atoms with E-state index in [9.17, 15) is 5.26 Å². The quantitative estimate of drug-likeness (QED) is 0.154. The van der Waals surface area contributed by atoms with E-state index in [2.05, 4.69) is 134 Å². The van der Waals surface area contributed by atoms with Gasteiger partial charge >= 0.3 is 0 Å². The van der Waals surface area contributed by atoms with Crippen molar-refractivity contribution in [3.05, 3.63) is 237 Å². The van der Waals surface area contributed by atoms with Crippen LogP contribution in [0.4, 0.5) is 0 Å². The molecule has 0 aliphatic rings. The van der Waals surface area contributed by atoms with E-state index in [1.54, 1.807) is 0 Å². The number of para-hydroxylation sites is 4. The lowest BCUT2D eigenvalue weighted by molar-refractivity contribution is 1.01. The van der Waals surface area contributed by atoms with Crippen LogP contribution in [0.3, 0.4) is 0 Å². The summed E-state index contributed by atoms with van der Waals surface area (Å²) in [5, 5.41) is 20.5. The minimum absolute atomic E-state index is 0.379. The fourth-order valence-electron chi connectivity index (χ4n) is 12.0. The van der Waals surface area contributed by atoms with Gasteiger partial charge in [-0.3, -0.25) is 19.9 Å². The van der Waals surface area contributed by atoms with Gasteiger partial charge in [-0.25, -0.2) is 15.0 Å². The van der Waals surface area contributed by atoms with Gasteiger partial charge in [-0.1, -0.05) is 133 Å². The molecule has 0 unspecified atom stereocenters. The number of rotatable bonds is 7. The Kier molecular flexibility index (Phi) is 9.39. The summed E-state index contributed by atoms with van der Waals surface area (Å²) in [6, 6.07) is 64.8. The third-order valence-electron chi connectivity index (χ3n) is 15.2. The van der Waals surface area contributed by atoms with Gasteiger partial charge in [-0.2, -0.15) is 5.26 Å². The molecule has 7 aromatic carbocycles. The first-order chi connectivity index (χ1) is 38.7. The van der Waals surface area contributed by atoms with Gasteiger partial charge in [-0.05, 0) is 48.5 Å². The number of hydrogen-bond acceptors (Lipinski definition) is 8. The zero-order valence-corrected chi connectivity index (χ0v) is 41.3. The number of benzene rings is 7. The molecule has 0 atom stereocenters. The highest BCUT2D eigenvalue weighted by Crippen LogP contribution is 2.51. The van der Waals surface area contributed by atoms with Crippen LogP contribution in [0.5, 0.6) is 0 Å². The van der Waals surface area contributed by atoms with E-state index in [1.807, 2.05) is 122 Å². The zero-order valence-electron chi connectivity index (χ0n) is 41.3. The summed E-state index contributed by atoms with van der Waals surface area (Å²) in [5.74, 6) is 1.34. The predicted octanol–water partition coefficient (Wildman–Crippen LogP) is 14.7. The number of nitrogens with zero attached hydrogens (tertiary/aromatic N) is 12. The number of fused-ring (bicyclic) bond motifs is 12. The van der Waals surface area contributed by atoms with Crippen molar-refractivity contribution in [2.75, 3.05) is 0 Å². The topological polar surface area (TPSA) is 134 Å². The molecule has 0 bridgehead atoms. The van der Waals surface area contributed by atoms with Crippen LogP contribution in [0, 0.1) is 11.3 Å². The first-order valence-corrected chi connectivity index (χ1v) is 25.6. The van der Waals surface area contributed by atoms with Crippen LogP contribution in [0.2, 0.25) is 0 Å². The molecule has 0 aliphatic carbocycles. The van der Waals surface area contributed by atoms with Crippen molar-refractivity contribution in [1.82, 2.24) is 53.2 Å². The van der Waals surface area contributed by atoms with Crippen LogP contribution in [0.1, 0.15) is 5.56 Å². The number of hydrogen-bond donors (Lipinski definition) is 0. The Balaban J connectivity index is 1.27. The minimum atomic E-state index is 0.379. The van der Waals surface area contributed by atoms with Crippen LogP contribution in [-0.4, -0.2) is 53.2 Å². The number of pyridine rings is 4. The molecule has 78 heavy (non-hydrogen) atoms. The Morgan fingerprint density at radius 3 is 0.897 bits per heavy atom. The third-order valence-corrected chi connectivity index (χ3v) is 15.2. The average molecular weight is 999 g/mol. The smallest absolute Gasteiger partial charge is 0.168 e. The zero-order chi connectivity index (χ0) is 51.4. The Morgan fingerprint density at radius 1 is 0.282 bits per heavy atom. The minimum Gasteiger partial charge on any atom is -0.306 e. The molecule has 0 fully saturated rings. The van der Waals surface area contributed by atoms with Crippen molar-refractivity contribution in [3.63, 3.8) is 0 Å². The van der Waals surface area contributed by atoms with Gasteiger partial charge in [0.25, 0.3) is 0 Å². The maximum atomic E-state index is 12.8. The maximum absolute atomic E-state index is 12.8. The summed E-state index contributed by atoms with van der Waals surface area (Å²) in [7, 11) is 0. The van der Waals surface area contributed by atoms with E-state index in [0.29, 0.717) is 51.3 Å². The normalized spacial score (nSPS) is 11.8. The van der Waals surface area contributed by atoms with Crippen LogP contribution in [0.25, 0.3) is 144 Å². The van der Waals surface area contributed by atoms with Gasteiger partial charge in [0, 0.05) is 104 Å². The Labute approximate surface area is 443 Å². The van der Waals surface area contributed by atoms with Crippen LogP contribution >= 0.6 is 0 Å². The van der Waals surface area contributed by atoms with E-state index in [1.165, 1.54) is 0 Å². The van der Waals surface area contributed by atoms with Crippen molar-refractivity contribution >= 4 is 87.2 Å². The van der Waals surface area contributed by atoms with Crippen molar-refractivity contribution in [2.24, 2.45) is 0 Å². The molecule has 9 heterocycles. The largest absolute Gasteiger partial charge is 0.306 e. The van der Waals surface area contributed by atoms with Crippen molar-refractivity contribution in [1.29, 1.82) is 5.26 Å². The first kappa shape index (κ1) is 43.3. The molecule has 12 heteroatoms. The van der Waals surface area contributed by atoms with Crippen LogP contribution in [-0.2, 0) is 0 Å². The summed E-state index contributed by atoms with van der Waals surface area (Å²) in [6.45, 7) is 0. The van der Waals surface area contributed by atoms with E-state index in [-0.39, 0.29) is 0 Å².